The summed E-state index contributed by atoms with van der Waals surface area (Å²) in [4.78, 5) is 12.5. The van der Waals surface area contributed by atoms with Crippen molar-refractivity contribution < 1.29 is 27.8 Å². The summed E-state index contributed by atoms with van der Waals surface area (Å²) >= 11 is 0. The summed E-state index contributed by atoms with van der Waals surface area (Å²) in [5.74, 6) is -1.86. The molecule has 27 heavy (non-hydrogen) atoms. The van der Waals surface area contributed by atoms with Crippen molar-refractivity contribution in [3.8, 4) is 5.75 Å². The van der Waals surface area contributed by atoms with E-state index in [1.54, 1.807) is 18.2 Å². The van der Waals surface area contributed by atoms with Gasteiger partial charge in [-0.1, -0.05) is 18.9 Å². The molecular formula is C19H23F3N2O3. The van der Waals surface area contributed by atoms with Crippen LogP contribution in [0, 0.1) is 19.8 Å². The Kier molecular flexibility index (Phi) is 5.20. The lowest BCUT2D eigenvalue weighted by molar-refractivity contribution is -0.317. The lowest BCUT2D eigenvalue weighted by Crippen LogP contribution is -2.61. The molecule has 1 aromatic carbocycles. The number of alkyl halides is 3. The van der Waals surface area contributed by atoms with E-state index < -0.39 is 30.3 Å². The number of ether oxygens (including phenoxy) is 1. The molecular weight excluding hydrogens is 361 g/mol. The molecule has 5 nitrogen and oxygen atoms in total. The molecule has 1 heterocycles. The van der Waals surface area contributed by atoms with Gasteiger partial charge in [-0.2, -0.15) is 23.3 Å². The number of rotatable bonds is 3. The number of amides is 1. The first-order chi connectivity index (χ1) is 12.6. The van der Waals surface area contributed by atoms with E-state index in [4.69, 9.17) is 4.74 Å². The van der Waals surface area contributed by atoms with Crippen LogP contribution in [0.1, 0.15) is 43.2 Å². The number of hydrogen-bond acceptors (Lipinski definition) is 4. The van der Waals surface area contributed by atoms with E-state index >= 15 is 0 Å². The fraction of sp³-hybridized carbons (Fsp3) is 0.579. The molecule has 0 spiro atoms. The number of benzene rings is 1. The number of carbonyl (C=O) groups excluding carboxylic acids is 1. The van der Waals surface area contributed by atoms with Crippen molar-refractivity contribution >= 4 is 11.6 Å². The third-order valence-corrected chi connectivity index (χ3v) is 5.36. The minimum atomic E-state index is -5.01. The predicted octanol–water partition coefficient (Wildman–Crippen LogP) is 3.71. The minimum absolute atomic E-state index is 0.149. The van der Waals surface area contributed by atoms with Gasteiger partial charge in [0.1, 0.15) is 5.75 Å². The van der Waals surface area contributed by atoms with Gasteiger partial charge in [0.2, 0.25) is 0 Å². The fourth-order valence-corrected chi connectivity index (χ4v) is 3.65. The van der Waals surface area contributed by atoms with Crippen LogP contribution >= 0.6 is 0 Å². The van der Waals surface area contributed by atoms with Crippen molar-refractivity contribution in [2.75, 3.05) is 6.61 Å². The van der Waals surface area contributed by atoms with E-state index in [1.165, 1.54) is 0 Å². The zero-order chi connectivity index (χ0) is 19.8. The maximum Gasteiger partial charge on any atom is 0.439 e. The molecule has 1 aliphatic carbocycles. The normalized spacial score (nSPS) is 25.6. The Morgan fingerprint density at radius 2 is 2.04 bits per heavy atom. The van der Waals surface area contributed by atoms with Crippen LogP contribution in [-0.4, -0.2) is 40.2 Å². The highest BCUT2D eigenvalue weighted by Gasteiger charge is 2.68. The van der Waals surface area contributed by atoms with Crippen molar-refractivity contribution in [1.82, 2.24) is 5.01 Å². The Hall–Kier alpha value is -2.09. The van der Waals surface area contributed by atoms with Gasteiger partial charge in [0.05, 0.1) is 5.92 Å². The van der Waals surface area contributed by atoms with E-state index in [1.807, 2.05) is 13.8 Å². The van der Waals surface area contributed by atoms with Crippen LogP contribution in [0.15, 0.2) is 23.3 Å². The number of hydrogen-bond donors (Lipinski definition) is 1. The van der Waals surface area contributed by atoms with Gasteiger partial charge in [-0.3, -0.25) is 4.79 Å². The largest absolute Gasteiger partial charge is 0.484 e. The van der Waals surface area contributed by atoms with E-state index in [2.05, 4.69) is 5.10 Å². The SMILES string of the molecule is Cc1ccc(OCC(=O)N2N=C3CCCCC[C@@H]3[C@]2(O)C(F)(F)F)cc1C. The molecule has 1 amide bonds. The van der Waals surface area contributed by atoms with E-state index in [9.17, 15) is 23.1 Å². The number of hydrazone groups is 1. The zero-order valence-electron chi connectivity index (χ0n) is 15.3. The molecule has 3 rings (SSSR count). The second kappa shape index (κ2) is 7.14. The average Bonchev–Trinajstić information content (AvgIpc) is 2.75. The molecule has 0 saturated heterocycles. The zero-order valence-corrected chi connectivity index (χ0v) is 15.3. The van der Waals surface area contributed by atoms with Crippen LogP contribution in [0.4, 0.5) is 13.2 Å². The molecule has 0 bridgehead atoms. The summed E-state index contributed by atoms with van der Waals surface area (Å²) < 4.78 is 46.6. The van der Waals surface area contributed by atoms with Crippen molar-refractivity contribution in [1.29, 1.82) is 0 Å². The maximum absolute atomic E-state index is 13.8. The van der Waals surface area contributed by atoms with Gasteiger partial charge in [-0.25, -0.2) is 0 Å². The van der Waals surface area contributed by atoms with E-state index in [0.29, 0.717) is 25.0 Å². The number of aryl methyl sites for hydroxylation is 2. The van der Waals surface area contributed by atoms with E-state index in [0.717, 1.165) is 17.5 Å². The smallest absolute Gasteiger partial charge is 0.439 e. The van der Waals surface area contributed by atoms with Gasteiger partial charge in [0.15, 0.2) is 6.61 Å². The van der Waals surface area contributed by atoms with Crippen LogP contribution < -0.4 is 4.74 Å². The Labute approximate surface area is 155 Å². The highest BCUT2D eigenvalue weighted by molar-refractivity contribution is 5.93. The molecule has 2 aliphatic rings. The summed E-state index contributed by atoms with van der Waals surface area (Å²) in [5, 5.41) is 14.6. The molecule has 1 N–H and O–H groups in total. The van der Waals surface area contributed by atoms with Crippen LogP contribution in [0.5, 0.6) is 5.75 Å². The van der Waals surface area contributed by atoms with Crippen LogP contribution in [0.25, 0.3) is 0 Å². The molecule has 2 atom stereocenters. The predicted molar refractivity (Wildman–Crippen MR) is 93.3 cm³/mol. The van der Waals surface area contributed by atoms with Crippen LogP contribution in [-0.2, 0) is 4.79 Å². The second-order valence-electron chi connectivity index (χ2n) is 7.21. The Morgan fingerprint density at radius 3 is 2.70 bits per heavy atom. The van der Waals surface area contributed by atoms with Crippen LogP contribution in [0.3, 0.4) is 0 Å². The number of fused-ring (bicyclic) bond motifs is 1. The molecule has 1 fully saturated rings. The van der Waals surface area contributed by atoms with Crippen molar-refractivity contribution in [3.05, 3.63) is 29.3 Å². The summed E-state index contributed by atoms with van der Waals surface area (Å²) in [5.41, 5.74) is -1.09. The summed E-state index contributed by atoms with van der Waals surface area (Å²) in [7, 11) is 0. The first-order valence-corrected chi connectivity index (χ1v) is 9.04. The lowest BCUT2D eigenvalue weighted by atomic mass is 9.87. The van der Waals surface area contributed by atoms with Gasteiger partial charge < -0.3 is 9.84 Å². The number of carbonyl (C=O) groups is 1. The third-order valence-electron chi connectivity index (χ3n) is 5.36. The van der Waals surface area contributed by atoms with Crippen molar-refractivity contribution in [2.45, 2.75) is 57.9 Å². The first-order valence-electron chi connectivity index (χ1n) is 9.04. The van der Waals surface area contributed by atoms with Crippen molar-refractivity contribution in [2.24, 2.45) is 11.0 Å². The summed E-state index contributed by atoms with van der Waals surface area (Å²) in [6, 6.07) is 5.15. The number of halogens is 3. The average molecular weight is 384 g/mol. The first kappa shape index (κ1) is 19.7. The molecule has 1 aromatic rings. The standard InChI is InChI=1S/C19H23F3N2O3/c1-12-8-9-14(10-13(12)2)27-11-17(25)24-18(26,19(20,21)22)15-6-4-3-5-7-16(15)23-24/h8-10,15,26H,3-7,11H2,1-2H3/t15-,18-/m0/s1. The van der Waals surface area contributed by atoms with Gasteiger partial charge in [0, 0.05) is 5.71 Å². The molecule has 1 aliphatic heterocycles. The Balaban J connectivity index is 1.81. The van der Waals surface area contributed by atoms with Crippen LogP contribution in [0.2, 0.25) is 0 Å². The highest BCUT2D eigenvalue weighted by Crippen LogP contribution is 2.47. The molecule has 0 radical (unpaired) electrons. The Bertz CT molecular complexity index is 763. The summed E-state index contributed by atoms with van der Waals surface area (Å²) in [6.07, 6.45) is -2.47. The third kappa shape index (κ3) is 3.54. The minimum Gasteiger partial charge on any atom is -0.484 e. The highest BCUT2D eigenvalue weighted by atomic mass is 19.4. The summed E-state index contributed by atoms with van der Waals surface area (Å²) in [6.45, 7) is 3.15. The molecule has 1 saturated carbocycles. The van der Waals surface area contributed by atoms with Gasteiger partial charge >= 0.3 is 6.18 Å². The quantitative estimate of drug-likeness (QED) is 0.864. The maximum atomic E-state index is 13.8. The molecule has 148 valence electrons. The second-order valence-corrected chi connectivity index (χ2v) is 7.21. The topological polar surface area (TPSA) is 62.1 Å². The number of aliphatic hydroxyl groups is 1. The van der Waals surface area contributed by atoms with Gasteiger partial charge in [0.25, 0.3) is 11.6 Å². The fourth-order valence-electron chi connectivity index (χ4n) is 3.65. The van der Waals surface area contributed by atoms with Crippen molar-refractivity contribution in [3.63, 3.8) is 0 Å². The Morgan fingerprint density at radius 1 is 1.30 bits per heavy atom. The molecule has 0 aromatic heterocycles. The monoisotopic (exact) mass is 384 g/mol. The molecule has 8 heteroatoms. The van der Waals surface area contributed by atoms with Gasteiger partial charge in [-0.05, 0) is 56.4 Å². The number of nitrogens with zero attached hydrogens (tertiary/aromatic N) is 2. The van der Waals surface area contributed by atoms with E-state index in [-0.39, 0.29) is 17.1 Å². The molecule has 0 unspecified atom stereocenters. The van der Waals surface area contributed by atoms with Gasteiger partial charge in [-0.15, -0.1) is 0 Å². The lowest BCUT2D eigenvalue weighted by Gasteiger charge is -2.37.